The van der Waals surface area contributed by atoms with Gasteiger partial charge in [-0.05, 0) is 0 Å². The van der Waals surface area contributed by atoms with E-state index in [1.54, 1.807) is 19.7 Å². The Kier molecular flexibility index (Phi) is 3.72. The summed E-state index contributed by atoms with van der Waals surface area (Å²) in [6.07, 6.45) is 14.2. The van der Waals surface area contributed by atoms with Gasteiger partial charge in [-0.25, -0.2) is 0 Å². The van der Waals surface area contributed by atoms with Crippen molar-refractivity contribution in [3.63, 3.8) is 0 Å². The van der Waals surface area contributed by atoms with Gasteiger partial charge in [0.1, 0.15) is 0 Å². The minimum atomic E-state index is 0.315. The van der Waals surface area contributed by atoms with E-state index in [1.807, 2.05) is 0 Å². The first kappa shape index (κ1) is 11.0. The van der Waals surface area contributed by atoms with Crippen molar-refractivity contribution >= 4 is 0 Å². The third-order valence-corrected chi connectivity index (χ3v) is 5.34. The monoisotopic (exact) mass is 237 g/mol. The molecule has 1 heteroatoms. The van der Waals surface area contributed by atoms with Crippen molar-refractivity contribution in [2.45, 2.75) is 39.5 Å². The van der Waals surface area contributed by atoms with Crippen LogP contribution in [-0.4, -0.2) is 0 Å². The second-order valence-corrected chi connectivity index (χ2v) is 6.01. The van der Waals surface area contributed by atoms with Crippen LogP contribution in [0.25, 0.3) is 0 Å². The summed E-state index contributed by atoms with van der Waals surface area (Å²) in [7, 11) is 0. The molecule has 0 N–H and O–H groups in total. The average molecular weight is 237 g/mol. The fourth-order valence-corrected chi connectivity index (χ4v) is 4.42. The van der Waals surface area contributed by atoms with Gasteiger partial charge in [0.05, 0.1) is 0 Å². The van der Waals surface area contributed by atoms with Crippen LogP contribution in [0.1, 0.15) is 39.5 Å². The Morgan fingerprint density at radius 3 is 1.80 bits per heavy atom. The first-order chi connectivity index (χ1) is 7.35. The van der Waals surface area contributed by atoms with Gasteiger partial charge in [-0.3, -0.25) is 0 Å². The molecule has 0 radical (unpaired) electrons. The summed E-state index contributed by atoms with van der Waals surface area (Å²) in [5, 5.41) is 0. The van der Waals surface area contributed by atoms with Crippen LogP contribution in [0.4, 0.5) is 0 Å². The van der Waals surface area contributed by atoms with Crippen molar-refractivity contribution in [2.75, 3.05) is 0 Å². The first-order valence-electron chi connectivity index (χ1n) is 5.84. The molecule has 2 rings (SSSR count). The van der Waals surface area contributed by atoms with Gasteiger partial charge in [0.25, 0.3) is 0 Å². The maximum absolute atomic E-state index is 2.33. The Balaban J connectivity index is 2.10. The van der Waals surface area contributed by atoms with Gasteiger partial charge in [-0.2, -0.15) is 0 Å². The van der Waals surface area contributed by atoms with Crippen LogP contribution in [0.3, 0.4) is 0 Å². The van der Waals surface area contributed by atoms with E-state index < -0.39 is 0 Å². The number of rotatable bonds is 4. The summed E-state index contributed by atoms with van der Waals surface area (Å²) in [6, 6.07) is 0. The van der Waals surface area contributed by atoms with E-state index in [9.17, 15) is 0 Å². The zero-order valence-corrected chi connectivity index (χ0v) is 11.0. The Labute approximate surface area is 99.9 Å². The zero-order chi connectivity index (χ0) is 10.7. The quantitative estimate of drug-likeness (QED) is 0.683. The molecule has 2 aliphatic rings. The van der Waals surface area contributed by atoms with Crippen LogP contribution < -0.4 is 0 Å². The molecular weight excluding hydrogens is 219 g/mol. The third-order valence-electron chi connectivity index (χ3n) is 3.03. The van der Waals surface area contributed by atoms with Crippen molar-refractivity contribution < 1.29 is 16.3 Å². The zero-order valence-electron chi connectivity index (χ0n) is 9.59. The fourth-order valence-electron chi connectivity index (χ4n) is 2.12. The molecule has 0 unspecified atom stereocenters. The second kappa shape index (κ2) is 5.05. The van der Waals surface area contributed by atoms with Crippen LogP contribution in [-0.2, 0) is 16.3 Å². The molecule has 0 nitrogen and oxygen atoms in total. The molecule has 0 amide bonds. The second-order valence-electron chi connectivity index (χ2n) is 3.98. The summed E-state index contributed by atoms with van der Waals surface area (Å²) in [6.45, 7) is 4.54. The molecule has 15 heavy (non-hydrogen) atoms. The van der Waals surface area contributed by atoms with Gasteiger partial charge in [-0.1, -0.05) is 0 Å². The van der Waals surface area contributed by atoms with Crippen LogP contribution in [0.2, 0.25) is 0 Å². The van der Waals surface area contributed by atoms with Crippen molar-refractivity contribution in [1.29, 1.82) is 0 Å². The van der Waals surface area contributed by atoms with E-state index in [-0.39, 0.29) is 0 Å². The van der Waals surface area contributed by atoms with Gasteiger partial charge >= 0.3 is 99.8 Å². The fraction of sp³-hybridized carbons (Fsp3) is 0.429. The Bertz CT molecular complexity index is 331. The van der Waals surface area contributed by atoms with Crippen molar-refractivity contribution in [3.8, 4) is 0 Å². The van der Waals surface area contributed by atoms with Crippen LogP contribution >= 0.6 is 0 Å². The van der Waals surface area contributed by atoms with Gasteiger partial charge in [0.15, 0.2) is 0 Å². The molecule has 0 aromatic rings. The molecule has 0 bridgehead atoms. The molecule has 0 heterocycles. The SMILES string of the molecule is CCC1=[C]([V][C]2=C(CC)C=CC2)CC=C1. The maximum atomic E-state index is 2.33. The molecule has 0 saturated carbocycles. The molecule has 0 fully saturated rings. The van der Waals surface area contributed by atoms with Crippen LogP contribution in [0.5, 0.6) is 0 Å². The van der Waals surface area contributed by atoms with Crippen LogP contribution in [0, 0.1) is 0 Å². The normalized spacial score (nSPS) is 19.6. The molecule has 0 atom stereocenters. The Hall–Kier alpha value is -0.456. The average Bonchev–Trinajstić information content (AvgIpc) is 2.87. The summed E-state index contributed by atoms with van der Waals surface area (Å²) in [4.78, 5) is 0. The predicted molar refractivity (Wildman–Crippen MR) is 62.1 cm³/mol. The topological polar surface area (TPSA) is 0 Å². The molecule has 0 aromatic heterocycles. The standard InChI is InChI=1S/2C7H9.V/c2*1-2-7-5-3-4-6-7;/h2*3,5H,2,4H2,1H3;. The Morgan fingerprint density at radius 1 is 0.933 bits per heavy atom. The number of hydrogen-bond acceptors (Lipinski definition) is 0. The van der Waals surface area contributed by atoms with E-state index in [0.29, 0.717) is 16.3 Å². The number of allylic oxidation sites excluding steroid dienone is 8. The number of hydrogen-bond donors (Lipinski definition) is 0. The van der Waals surface area contributed by atoms with E-state index >= 15 is 0 Å². The van der Waals surface area contributed by atoms with E-state index in [1.165, 1.54) is 25.7 Å². The molecule has 0 saturated heterocycles. The van der Waals surface area contributed by atoms with E-state index in [2.05, 4.69) is 38.2 Å². The van der Waals surface area contributed by atoms with Gasteiger partial charge in [0.2, 0.25) is 0 Å². The summed E-state index contributed by atoms with van der Waals surface area (Å²) >= 11 is 0.315. The molecule has 0 spiro atoms. The predicted octanol–water partition coefficient (Wildman–Crippen LogP) is 4.32. The van der Waals surface area contributed by atoms with E-state index in [0.717, 1.165) is 0 Å². The van der Waals surface area contributed by atoms with Gasteiger partial charge in [-0.15, -0.1) is 0 Å². The minimum absolute atomic E-state index is 0.315. The van der Waals surface area contributed by atoms with Crippen molar-refractivity contribution in [1.82, 2.24) is 0 Å². The Morgan fingerprint density at radius 2 is 1.40 bits per heavy atom. The summed E-state index contributed by atoms with van der Waals surface area (Å²) in [5.74, 6) is 0. The summed E-state index contributed by atoms with van der Waals surface area (Å²) in [5.41, 5.74) is 3.23. The molecule has 0 aliphatic heterocycles. The molecule has 0 aromatic carbocycles. The third kappa shape index (κ3) is 2.38. The molecular formula is C14H18V. The van der Waals surface area contributed by atoms with Gasteiger partial charge in [0, 0.05) is 0 Å². The van der Waals surface area contributed by atoms with Crippen molar-refractivity contribution in [3.05, 3.63) is 44.0 Å². The van der Waals surface area contributed by atoms with Crippen molar-refractivity contribution in [2.24, 2.45) is 0 Å². The first-order valence-corrected chi connectivity index (χ1v) is 7.23. The van der Waals surface area contributed by atoms with Crippen LogP contribution in [0.15, 0.2) is 44.0 Å². The molecule has 2 aliphatic carbocycles. The molecule has 79 valence electrons. The van der Waals surface area contributed by atoms with Gasteiger partial charge < -0.3 is 0 Å². The summed E-state index contributed by atoms with van der Waals surface area (Å²) < 4.78 is 3.50. The van der Waals surface area contributed by atoms with E-state index in [4.69, 9.17) is 0 Å².